The summed E-state index contributed by atoms with van der Waals surface area (Å²) in [4.78, 5) is 12.2. The third-order valence-electron chi connectivity index (χ3n) is 3.03. The Morgan fingerprint density at radius 1 is 1.44 bits per heavy atom. The van der Waals surface area contributed by atoms with Crippen molar-refractivity contribution in [2.75, 3.05) is 7.11 Å². The van der Waals surface area contributed by atoms with Crippen molar-refractivity contribution in [2.45, 2.75) is 13.3 Å². The van der Waals surface area contributed by atoms with Crippen LogP contribution in [-0.4, -0.2) is 22.7 Å². The molecule has 0 bridgehead atoms. The number of ketones is 1. The largest absolute Gasteiger partial charge is 0.497 e. The second-order valence-electron chi connectivity index (χ2n) is 4.22. The molecule has 0 spiro atoms. The molecule has 0 saturated carbocycles. The van der Waals surface area contributed by atoms with Crippen LogP contribution in [0, 0.1) is 6.92 Å². The molecule has 94 valence electrons. The number of nitrogens with zero attached hydrogens (tertiary/aromatic N) is 2. The van der Waals surface area contributed by atoms with Crippen LogP contribution in [0.5, 0.6) is 5.75 Å². The zero-order valence-electron chi connectivity index (χ0n) is 10.8. The van der Waals surface area contributed by atoms with E-state index in [1.807, 2.05) is 38.2 Å². The number of methoxy groups -OCH3 is 1. The van der Waals surface area contributed by atoms with Crippen LogP contribution in [0.3, 0.4) is 0 Å². The van der Waals surface area contributed by atoms with Crippen molar-refractivity contribution in [1.82, 2.24) is 9.78 Å². The van der Waals surface area contributed by atoms with E-state index in [2.05, 4.69) is 5.10 Å². The number of aryl methyl sites for hydroxylation is 1. The van der Waals surface area contributed by atoms with Crippen LogP contribution in [0.1, 0.15) is 21.6 Å². The molecule has 2 aromatic rings. The average molecular weight is 244 g/mol. The van der Waals surface area contributed by atoms with Gasteiger partial charge in [-0.1, -0.05) is 12.1 Å². The predicted molar refractivity (Wildman–Crippen MR) is 69.0 cm³/mol. The fourth-order valence-corrected chi connectivity index (χ4v) is 1.84. The van der Waals surface area contributed by atoms with E-state index in [0.717, 1.165) is 17.0 Å². The van der Waals surface area contributed by atoms with Crippen LogP contribution >= 0.6 is 0 Å². The van der Waals surface area contributed by atoms with Gasteiger partial charge >= 0.3 is 0 Å². The van der Waals surface area contributed by atoms with Gasteiger partial charge in [0.2, 0.25) is 0 Å². The molecule has 4 heteroatoms. The Balaban J connectivity index is 2.18. The number of aromatic nitrogens is 2. The molecule has 4 nitrogen and oxygen atoms in total. The number of carbonyl (C=O) groups is 1. The minimum Gasteiger partial charge on any atom is -0.497 e. The van der Waals surface area contributed by atoms with Crippen LogP contribution in [0.15, 0.2) is 30.5 Å². The summed E-state index contributed by atoms with van der Waals surface area (Å²) in [6.45, 7) is 1.89. The lowest BCUT2D eigenvalue weighted by Crippen LogP contribution is -2.05. The second kappa shape index (κ2) is 5.04. The summed E-state index contributed by atoms with van der Waals surface area (Å²) < 4.78 is 6.85. The Hall–Kier alpha value is -2.10. The summed E-state index contributed by atoms with van der Waals surface area (Å²) in [5.41, 5.74) is 2.52. The number of rotatable bonds is 4. The van der Waals surface area contributed by atoms with E-state index in [9.17, 15) is 4.79 Å². The molecule has 0 fully saturated rings. The number of carbonyl (C=O) groups excluding carboxylic acids is 1. The molecule has 0 aliphatic rings. The fraction of sp³-hybridized carbons (Fsp3) is 0.286. The lowest BCUT2D eigenvalue weighted by molar-refractivity contribution is 0.0992. The maximum atomic E-state index is 12.2. The Morgan fingerprint density at radius 2 is 2.22 bits per heavy atom. The van der Waals surface area contributed by atoms with E-state index in [4.69, 9.17) is 4.74 Å². The lowest BCUT2D eigenvalue weighted by Gasteiger charge is -2.04. The summed E-state index contributed by atoms with van der Waals surface area (Å²) in [5, 5.41) is 4.08. The first-order valence-corrected chi connectivity index (χ1v) is 5.76. The van der Waals surface area contributed by atoms with Gasteiger partial charge in [0.05, 0.1) is 18.9 Å². The molecule has 0 unspecified atom stereocenters. The Bertz CT molecular complexity index is 573. The third-order valence-corrected chi connectivity index (χ3v) is 3.03. The monoisotopic (exact) mass is 244 g/mol. The molecule has 1 aromatic carbocycles. The minimum atomic E-state index is 0.0776. The first kappa shape index (κ1) is 12.4. The summed E-state index contributed by atoms with van der Waals surface area (Å²) in [5.74, 6) is 0.845. The van der Waals surface area contributed by atoms with Crippen LogP contribution in [0.25, 0.3) is 0 Å². The smallest absolute Gasteiger partial charge is 0.170 e. The van der Waals surface area contributed by atoms with Crippen LogP contribution in [0.4, 0.5) is 0 Å². The highest BCUT2D eigenvalue weighted by Crippen LogP contribution is 2.16. The molecule has 0 radical (unpaired) electrons. The molecular formula is C14H16N2O2. The summed E-state index contributed by atoms with van der Waals surface area (Å²) in [6, 6.07) is 7.55. The first-order valence-electron chi connectivity index (χ1n) is 5.76. The number of hydrogen-bond acceptors (Lipinski definition) is 3. The van der Waals surface area contributed by atoms with Gasteiger partial charge in [0.15, 0.2) is 5.78 Å². The molecule has 18 heavy (non-hydrogen) atoms. The molecule has 0 aliphatic heterocycles. The number of ether oxygens (including phenoxy) is 1. The van der Waals surface area contributed by atoms with Gasteiger partial charge in [-0.15, -0.1) is 0 Å². The maximum absolute atomic E-state index is 12.2. The first-order chi connectivity index (χ1) is 8.61. The van der Waals surface area contributed by atoms with Gasteiger partial charge in [-0.25, -0.2) is 0 Å². The van der Waals surface area contributed by atoms with E-state index in [-0.39, 0.29) is 5.78 Å². The Kier molecular flexibility index (Phi) is 3.46. The normalized spacial score (nSPS) is 10.4. The van der Waals surface area contributed by atoms with Gasteiger partial charge in [0.25, 0.3) is 0 Å². The number of Topliss-reactive ketones (excluding diaryl/α,β-unsaturated/α-hetero) is 1. The number of benzene rings is 1. The molecule has 0 saturated heterocycles. The SMILES string of the molecule is COc1cccc(CC(=O)c2cnn(C)c2C)c1. The van der Waals surface area contributed by atoms with Crippen LogP contribution in [-0.2, 0) is 13.5 Å². The molecule has 1 aromatic heterocycles. The third kappa shape index (κ3) is 2.42. The van der Waals surface area contributed by atoms with Crippen molar-refractivity contribution < 1.29 is 9.53 Å². The van der Waals surface area contributed by atoms with Gasteiger partial charge in [-0.3, -0.25) is 9.48 Å². The van der Waals surface area contributed by atoms with Crippen molar-refractivity contribution in [3.8, 4) is 5.75 Å². The molecule has 0 N–H and O–H groups in total. The van der Waals surface area contributed by atoms with E-state index in [1.54, 1.807) is 18.0 Å². The maximum Gasteiger partial charge on any atom is 0.170 e. The van der Waals surface area contributed by atoms with E-state index >= 15 is 0 Å². The summed E-state index contributed by atoms with van der Waals surface area (Å²) in [7, 11) is 3.45. The van der Waals surface area contributed by atoms with Gasteiger partial charge in [-0.05, 0) is 24.6 Å². The highest BCUT2D eigenvalue weighted by molar-refractivity contribution is 5.98. The van der Waals surface area contributed by atoms with E-state index in [0.29, 0.717) is 12.0 Å². The van der Waals surface area contributed by atoms with Gasteiger partial charge in [0.1, 0.15) is 5.75 Å². The fourth-order valence-electron chi connectivity index (χ4n) is 1.84. The molecule has 1 heterocycles. The molecule has 2 rings (SSSR count). The molecule has 0 amide bonds. The number of hydrogen-bond donors (Lipinski definition) is 0. The van der Waals surface area contributed by atoms with Crippen molar-refractivity contribution in [3.05, 3.63) is 47.3 Å². The Labute approximate surface area is 106 Å². The van der Waals surface area contributed by atoms with Crippen LogP contribution < -0.4 is 4.74 Å². The standard InChI is InChI=1S/C14H16N2O2/c1-10-13(9-15-16(10)2)14(17)8-11-5-4-6-12(7-11)18-3/h4-7,9H,8H2,1-3H3. The van der Waals surface area contributed by atoms with Crippen molar-refractivity contribution in [1.29, 1.82) is 0 Å². The van der Waals surface area contributed by atoms with Crippen LogP contribution in [0.2, 0.25) is 0 Å². The highest BCUT2D eigenvalue weighted by atomic mass is 16.5. The predicted octanol–water partition coefficient (Wildman–Crippen LogP) is 2.16. The quantitative estimate of drug-likeness (QED) is 0.774. The zero-order chi connectivity index (χ0) is 13.1. The highest BCUT2D eigenvalue weighted by Gasteiger charge is 2.13. The minimum absolute atomic E-state index is 0.0776. The molecular weight excluding hydrogens is 228 g/mol. The van der Waals surface area contributed by atoms with Crippen molar-refractivity contribution in [3.63, 3.8) is 0 Å². The lowest BCUT2D eigenvalue weighted by atomic mass is 10.0. The van der Waals surface area contributed by atoms with E-state index < -0.39 is 0 Å². The summed E-state index contributed by atoms with van der Waals surface area (Å²) in [6.07, 6.45) is 1.99. The van der Waals surface area contributed by atoms with Crippen molar-refractivity contribution >= 4 is 5.78 Å². The average Bonchev–Trinajstić information content (AvgIpc) is 2.70. The topological polar surface area (TPSA) is 44.1 Å². The van der Waals surface area contributed by atoms with Crippen molar-refractivity contribution in [2.24, 2.45) is 7.05 Å². The van der Waals surface area contributed by atoms with E-state index in [1.165, 1.54) is 0 Å². The Morgan fingerprint density at radius 3 is 2.83 bits per heavy atom. The van der Waals surface area contributed by atoms with Gasteiger partial charge in [-0.2, -0.15) is 5.10 Å². The molecule has 0 atom stereocenters. The molecule has 0 aliphatic carbocycles. The zero-order valence-corrected chi connectivity index (χ0v) is 10.8. The summed E-state index contributed by atoms with van der Waals surface area (Å²) >= 11 is 0. The van der Waals surface area contributed by atoms with Gasteiger partial charge < -0.3 is 4.74 Å². The second-order valence-corrected chi connectivity index (χ2v) is 4.22. The van der Waals surface area contributed by atoms with Gasteiger partial charge in [0, 0.05) is 19.2 Å².